The molecule has 80 valence electrons. The highest BCUT2D eigenvalue weighted by Gasteiger charge is 2.24. The minimum atomic E-state index is -1.37. The SMILES string of the molecule is CCC[Si](C)(C)O[SiH](C)O[SiH](C)C. The second-order valence-electron chi connectivity index (χ2n) is 4.38. The van der Waals surface area contributed by atoms with Crippen LogP contribution in [0.1, 0.15) is 13.3 Å². The summed E-state index contributed by atoms with van der Waals surface area (Å²) in [5, 5.41) is 0. The molecule has 0 aromatic carbocycles. The van der Waals surface area contributed by atoms with Crippen molar-refractivity contribution in [2.75, 3.05) is 0 Å². The van der Waals surface area contributed by atoms with E-state index in [0.29, 0.717) is 0 Å². The summed E-state index contributed by atoms with van der Waals surface area (Å²) in [6.07, 6.45) is 1.24. The molecule has 0 aliphatic carbocycles. The van der Waals surface area contributed by atoms with E-state index in [2.05, 4.69) is 39.7 Å². The van der Waals surface area contributed by atoms with Gasteiger partial charge in [0, 0.05) is 0 Å². The van der Waals surface area contributed by atoms with Crippen molar-refractivity contribution in [2.45, 2.75) is 52.1 Å². The van der Waals surface area contributed by atoms with Gasteiger partial charge in [-0.1, -0.05) is 13.3 Å². The van der Waals surface area contributed by atoms with E-state index in [1.165, 1.54) is 12.5 Å². The molecule has 0 rings (SSSR count). The van der Waals surface area contributed by atoms with Gasteiger partial charge >= 0.3 is 0 Å². The van der Waals surface area contributed by atoms with Gasteiger partial charge in [-0.25, -0.2) is 0 Å². The minimum Gasteiger partial charge on any atom is -0.442 e. The molecule has 0 N–H and O–H groups in total. The summed E-state index contributed by atoms with van der Waals surface area (Å²) >= 11 is 0. The molecule has 0 heterocycles. The predicted molar refractivity (Wildman–Crippen MR) is 66.6 cm³/mol. The molecular weight excluding hydrogens is 212 g/mol. The van der Waals surface area contributed by atoms with Crippen molar-refractivity contribution in [2.24, 2.45) is 0 Å². The zero-order chi connectivity index (χ0) is 10.5. The molecule has 0 aromatic rings. The fourth-order valence-corrected chi connectivity index (χ4v) is 10.6. The van der Waals surface area contributed by atoms with Gasteiger partial charge in [0.2, 0.25) is 0 Å². The lowest BCUT2D eigenvalue weighted by molar-refractivity contribution is 0.433. The van der Waals surface area contributed by atoms with E-state index >= 15 is 0 Å². The molecule has 0 saturated carbocycles. The second kappa shape index (κ2) is 6.13. The Bertz CT molecular complexity index is 139. The van der Waals surface area contributed by atoms with Gasteiger partial charge < -0.3 is 8.23 Å². The Hall–Kier alpha value is 0.571. The summed E-state index contributed by atoms with van der Waals surface area (Å²) in [6, 6.07) is 1.26. The predicted octanol–water partition coefficient (Wildman–Crippen LogP) is 2.47. The molecule has 0 radical (unpaired) electrons. The van der Waals surface area contributed by atoms with Crippen molar-refractivity contribution in [1.82, 2.24) is 0 Å². The van der Waals surface area contributed by atoms with Crippen LogP contribution in [-0.4, -0.2) is 26.6 Å². The monoisotopic (exact) mass is 236 g/mol. The summed E-state index contributed by atoms with van der Waals surface area (Å²) in [7, 11) is -3.55. The van der Waals surface area contributed by atoms with Crippen LogP contribution in [0, 0.1) is 0 Å². The Balaban J connectivity index is 3.81. The fraction of sp³-hybridized carbons (Fsp3) is 1.00. The van der Waals surface area contributed by atoms with Crippen LogP contribution in [-0.2, 0) is 8.23 Å². The molecule has 2 nitrogen and oxygen atoms in total. The largest absolute Gasteiger partial charge is 0.442 e. The average molecular weight is 237 g/mol. The van der Waals surface area contributed by atoms with Gasteiger partial charge in [-0.3, -0.25) is 0 Å². The Labute approximate surface area is 87.4 Å². The molecular formula is C8H24O2Si3. The molecule has 13 heavy (non-hydrogen) atoms. The molecule has 0 aliphatic heterocycles. The second-order valence-corrected chi connectivity index (χ2v) is 13.7. The first-order chi connectivity index (χ1) is 5.87. The summed E-state index contributed by atoms with van der Waals surface area (Å²) < 4.78 is 11.9. The van der Waals surface area contributed by atoms with E-state index in [1.54, 1.807) is 0 Å². The van der Waals surface area contributed by atoms with Crippen molar-refractivity contribution in [3.8, 4) is 0 Å². The van der Waals surface area contributed by atoms with E-state index in [1.807, 2.05) is 0 Å². The first kappa shape index (κ1) is 13.6. The standard InChI is InChI=1S/C8H24O2Si3/c1-7-8-13(5,6)10-12(4)9-11(2)3/h11-12H,7-8H2,1-6H3. The topological polar surface area (TPSA) is 18.5 Å². The van der Waals surface area contributed by atoms with Gasteiger partial charge in [0.1, 0.15) is 0 Å². The Morgan fingerprint density at radius 1 is 1.15 bits per heavy atom. The van der Waals surface area contributed by atoms with Gasteiger partial charge in [0.15, 0.2) is 17.4 Å². The van der Waals surface area contributed by atoms with E-state index in [4.69, 9.17) is 8.23 Å². The van der Waals surface area contributed by atoms with E-state index in [0.717, 1.165) is 0 Å². The molecule has 0 spiro atoms. The highest BCUT2D eigenvalue weighted by molar-refractivity contribution is 6.78. The summed E-state index contributed by atoms with van der Waals surface area (Å²) in [5.74, 6) is 0. The molecule has 0 aliphatic rings. The molecule has 1 atom stereocenters. The Morgan fingerprint density at radius 3 is 2.08 bits per heavy atom. The van der Waals surface area contributed by atoms with Crippen LogP contribution in [0.4, 0.5) is 0 Å². The smallest absolute Gasteiger partial charge is 0.297 e. The third-order valence-electron chi connectivity index (χ3n) is 1.80. The Morgan fingerprint density at radius 2 is 1.69 bits per heavy atom. The lowest BCUT2D eigenvalue weighted by atomic mass is 10.6. The third-order valence-corrected chi connectivity index (χ3v) is 11.1. The van der Waals surface area contributed by atoms with Crippen LogP contribution in [0.15, 0.2) is 0 Å². The van der Waals surface area contributed by atoms with E-state index in [9.17, 15) is 0 Å². The van der Waals surface area contributed by atoms with Gasteiger partial charge in [-0.15, -0.1) is 0 Å². The van der Waals surface area contributed by atoms with Crippen LogP contribution >= 0.6 is 0 Å². The number of hydrogen-bond acceptors (Lipinski definition) is 2. The fourth-order valence-electron chi connectivity index (χ4n) is 1.52. The maximum atomic E-state index is 6.08. The molecule has 0 aromatic heterocycles. The van der Waals surface area contributed by atoms with Crippen molar-refractivity contribution in [3.63, 3.8) is 0 Å². The first-order valence-corrected chi connectivity index (χ1v) is 13.2. The molecule has 0 amide bonds. The maximum absolute atomic E-state index is 6.08. The highest BCUT2D eigenvalue weighted by Crippen LogP contribution is 2.15. The normalized spacial score (nSPS) is 15.0. The van der Waals surface area contributed by atoms with Crippen molar-refractivity contribution >= 4 is 26.6 Å². The van der Waals surface area contributed by atoms with Crippen LogP contribution < -0.4 is 0 Å². The van der Waals surface area contributed by atoms with Gasteiger partial charge in [-0.05, 0) is 38.8 Å². The quantitative estimate of drug-likeness (QED) is 0.660. The maximum Gasteiger partial charge on any atom is 0.297 e. The lowest BCUT2D eigenvalue weighted by Gasteiger charge is -2.27. The van der Waals surface area contributed by atoms with Crippen LogP contribution in [0.5, 0.6) is 0 Å². The van der Waals surface area contributed by atoms with E-state index in [-0.39, 0.29) is 0 Å². The molecule has 0 fully saturated rings. The molecule has 0 saturated heterocycles. The average Bonchev–Trinajstić information content (AvgIpc) is 1.81. The van der Waals surface area contributed by atoms with Crippen LogP contribution in [0.3, 0.4) is 0 Å². The molecule has 0 bridgehead atoms. The van der Waals surface area contributed by atoms with Crippen molar-refractivity contribution in [3.05, 3.63) is 0 Å². The minimum absolute atomic E-state index is 0.879. The number of rotatable bonds is 6. The molecule has 1 unspecified atom stereocenters. The van der Waals surface area contributed by atoms with E-state index < -0.39 is 26.6 Å². The van der Waals surface area contributed by atoms with Gasteiger partial charge in [0.25, 0.3) is 9.28 Å². The van der Waals surface area contributed by atoms with Crippen molar-refractivity contribution in [1.29, 1.82) is 0 Å². The van der Waals surface area contributed by atoms with Crippen LogP contribution in [0.2, 0.25) is 38.8 Å². The molecule has 5 heteroatoms. The third kappa shape index (κ3) is 7.63. The van der Waals surface area contributed by atoms with Crippen LogP contribution in [0.25, 0.3) is 0 Å². The zero-order valence-electron chi connectivity index (χ0n) is 9.89. The summed E-state index contributed by atoms with van der Waals surface area (Å²) in [6.45, 7) is 13.4. The van der Waals surface area contributed by atoms with Gasteiger partial charge in [0.05, 0.1) is 0 Å². The number of hydrogen-bond donors (Lipinski definition) is 0. The lowest BCUT2D eigenvalue weighted by Crippen LogP contribution is -2.39. The summed E-state index contributed by atoms with van der Waals surface area (Å²) in [5.41, 5.74) is 0. The summed E-state index contributed by atoms with van der Waals surface area (Å²) in [4.78, 5) is 0. The highest BCUT2D eigenvalue weighted by atomic mass is 28.4. The Kier molecular flexibility index (Phi) is 6.40. The van der Waals surface area contributed by atoms with Crippen molar-refractivity contribution < 1.29 is 8.23 Å². The zero-order valence-corrected chi connectivity index (χ0v) is 13.2. The first-order valence-electron chi connectivity index (χ1n) is 5.20. The van der Waals surface area contributed by atoms with Gasteiger partial charge in [-0.2, -0.15) is 0 Å².